The van der Waals surface area contributed by atoms with E-state index in [2.05, 4.69) is 5.32 Å². The molecule has 0 spiro atoms. The quantitative estimate of drug-likeness (QED) is 0.802. The van der Waals surface area contributed by atoms with Crippen LogP contribution in [0.5, 0.6) is 0 Å². The third-order valence-corrected chi connectivity index (χ3v) is 3.84. The van der Waals surface area contributed by atoms with Crippen LogP contribution in [0.1, 0.15) is 15.9 Å². The minimum atomic E-state index is -1.04. The van der Waals surface area contributed by atoms with Crippen LogP contribution in [0.25, 0.3) is 0 Å². The van der Waals surface area contributed by atoms with Crippen molar-refractivity contribution in [2.45, 2.75) is 6.42 Å². The predicted molar refractivity (Wildman–Crippen MR) is 87.1 cm³/mol. The van der Waals surface area contributed by atoms with E-state index in [0.29, 0.717) is 23.0 Å². The summed E-state index contributed by atoms with van der Waals surface area (Å²) in [6.45, 7) is 0.643. The van der Waals surface area contributed by atoms with Gasteiger partial charge < -0.3 is 10.4 Å². The lowest BCUT2D eigenvalue weighted by atomic mass is 10.1. The number of carbonyl (C=O) groups is 1. The maximum atomic E-state index is 10.9. The molecule has 0 bridgehead atoms. The predicted octanol–water partition coefficient (Wildman–Crippen LogP) is 5.00. The number of benzene rings is 2. The molecule has 2 aromatic carbocycles. The number of hydrogen-bond acceptors (Lipinski definition) is 2. The van der Waals surface area contributed by atoms with Gasteiger partial charge in [-0.3, -0.25) is 0 Å². The highest BCUT2D eigenvalue weighted by Gasteiger charge is 2.08. The molecule has 0 amide bonds. The number of carboxylic acids is 1. The van der Waals surface area contributed by atoms with Crippen molar-refractivity contribution in [3.8, 4) is 0 Å². The summed E-state index contributed by atoms with van der Waals surface area (Å²) >= 11 is 17.8. The highest BCUT2D eigenvalue weighted by molar-refractivity contribution is 6.35. The molecule has 0 fully saturated rings. The first kappa shape index (κ1) is 16.0. The fraction of sp³-hybridized carbons (Fsp3) is 0.133. The maximum absolute atomic E-state index is 10.9. The van der Waals surface area contributed by atoms with E-state index >= 15 is 0 Å². The van der Waals surface area contributed by atoms with Crippen LogP contribution in [0.4, 0.5) is 5.69 Å². The van der Waals surface area contributed by atoms with Crippen LogP contribution in [-0.4, -0.2) is 17.6 Å². The Bertz CT molecular complexity index is 674. The van der Waals surface area contributed by atoms with Gasteiger partial charge in [0, 0.05) is 22.3 Å². The molecule has 0 radical (unpaired) electrons. The summed E-state index contributed by atoms with van der Waals surface area (Å²) in [4.78, 5) is 10.9. The molecule has 6 heteroatoms. The van der Waals surface area contributed by atoms with E-state index < -0.39 is 5.97 Å². The maximum Gasteiger partial charge on any atom is 0.337 e. The molecule has 2 rings (SSSR count). The van der Waals surface area contributed by atoms with Gasteiger partial charge in [-0.2, -0.15) is 0 Å². The molecular formula is C15H12Cl3NO2. The van der Waals surface area contributed by atoms with Crippen molar-refractivity contribution in [2.75, 3.05) is 11.9 Å². The lowest BCUT2D eigenvalue weighted by Crippen LogP contribution is -2.06. The van der Waals surface area contributed by atoms with Gasteiger partial charge in [0.2, 0.25) is 0 Å². The monoisotopic (exact) mass is 343 g/mol. The van der Waals surface area contributed by atoms with Crippen molar-refractivity contribution in [3.63, 3.8) is 0 Å². The van der Waals surface area contributed by atoms with Crippen LogP contribution in [-0.2, 0) is 6.42 Å². The average Bonchev–Trinajstić information content (AvgIpc) is 2.41. The van der Waals surface area contributed by atoms with Crippen molar-refractivity contribution < 1.29 is 9.90 Å². The van der Waals surface area contributed by atoms with Gasteiger partial charge >= 0.3 is 5.97 Å². The Hall–Kier alpha value is -1.42. The first-order chi connectivity index (χ1) is 9.97. The van der Waals surface area contributed by atoms with Crippen LogP contribution in [0, 0.1) is 0 Å². The van der Waals surface area contributed by atoms with E-state index in [0.717, 1.165) is 11.3 Å². The number of carboxylic acid groups (broad SMARTS) is 1. The Morgan fingerprint density at radius 2 is 1.81 bits per heavy atom. The first-order valence-electron chi connectivity index (χ1n) is 6.18. The molecule has 0 aliphatic heterocycles. The van der Waals surface area contributed by atoms with E-state index in [9.17, 15) is 4.79 Å². The second kappa shape index (κ2) is 7.03. The Balaban J connectivity index is 1.97. The fourth-order valence-corrected chi connectivity index (χ4v) is 2.63. The van der Waals surface area contributed by atoms with Gasteiger partial charge in [0.15, 0.2) is 0 Å². The second-order valence-corrected chi connectivity index (χ2v) is 5.66. The first-order valence-corrected chi connectivity index (χ1v) is 7.31. The summed E-state index contributed by atoms with van der Waals surface area (Å²) in [5.74, 6) is -1.04. The largest absolute Gasteiger partial charge is 0.478 e. The average molecular weight is 345 g/mol. The third kappa shape index (κ3) is 4.27. The third-order valence-electron chi connectivity index (χ3n) is 2.94. The van der Waals surface area contributed by atoms with Crippen molar-refractivity contribution in [1.82, 2.24) is 0 Å². The Kier molecular flexibility index (Phi) is 5.34. The number of anilines is 1. The van der Waals surface area contributed by atoms with E-state index in [1.54, 1.807) is 24.3 Å². The zero-order chi connectivity index (χ0) is 15.4. The van der Waals surface area contributed by atoms with E-state index in [-0.39, 0.29) is 10.6 Å². The van der Waals surface area contributed by atoms with Crippen molar-refractivity contribution in [3.05, 3.63) is 62.6 Å². The summed E-state index contributed by atoms with van der Waals surface area (Å²) < 4.78 is 0. The molecule has 0 saturated carbocycles. The molecule has 0 atom stereocenters. The van der Waals surface area contributed by atoms with E-state index in [1.165, 1.54) is 6.07 Å². The molecular weight excluding hydrogens is 333 g/mol. The SMILES string of the molecule is O=C(O)c1ccc(NCCc2ccc(Cl)cc2Cl)cc1Cl. The number of hydrogen-bond donors (Lipinski definition) is 2. The summed E-state index contributed by atoms with van der Waals surface area (Å²) in [6.07, 6.45) is 0.717. The number of nitrogens with one attached hydrogen (secondary N) is 1. The minimum absolute atomic E-state index is 0.0861. The molecule has 0 aliphatic rings. The Labute approximate surface area is 137 Å². The zero-order valence-corrected chi connectivity index (χ0v) is 13.1. The molecule has 0 unspecified atom stereocenters. The summed E-state index contributed by atoms with van der Waals surface area (Å²) in [5.41, 5.74) is 1.83. The summed E-state index contributed by atoms with van der Waals surface area (Å²) in [7, 11) is 0. The molecule has 0 heterocycles. The molecule has 2 N–H and O–H groups in total. The van der Waals surface area contributed by atoms with Crippen LogP contribution in [0.2, 0.25) is 15.1 Å². The van der Waals surface area contributed by atoms with Gasteiger partial charge in [-0.05, 0) is 42.3 Å². The molecule has 110 valence electrons. The van der Waals surface area contributed by atoms with E-state index in [4.69, 9.17) is 39.9 Å². The van der Waals surface area contributed by atoms with Gasteiger partial charge in [0.05, 0.1) is 10.6 Å². The van der Waals surface area contributed by atoms with Crippen molar-refractivity contribution in [1.29, 1.82) is 0 Å². The Morgan fingerprint density at radius 1 is 1.05 bits per heavy atom. The highest BCUT2D eigenvalue weighted by atomic mass is 35.5. The topological polar surface area (TPSA) is 49.3 Å². The smallest absolute Gasteiger partial charge is 0.337 e. The normalized spacial score (nSPS) is 10.4. The lowest BCUT2D eigenvalue weighted by Gasteiger charge is -2.09. The number of halogens is 3. The molecule has 0 aromatic heterocycles. The molecule has 0 aliphatic carbocycles. The Morgan fingerprint density at radius 3 is 2.43 bits per heavy atom. The lowest BCUT2D eigenvalue weighted by molar-refractivity contribution is 0.0697. The van der Waals surface area contributed by atoms with Gasteiger partial charge in [-0.15, -0.1) is 0 Å². The van der Waals surface area contributed by atoms with Crippen LogP contribution in [0.15, 0.2) is 36.4 Å². The van der Waals surface area contributed by atoms with Crippen molar-refractivity contribution >= 4 is 46.5 Å². The van der Waals surface area contributed by atoms with Gasteiger partial charge in [-0.25, -0.2) is 4.79 Å². The van der Waals surface area contributed by atoms with Gasteiger partial charge in [0.1, 0.15) is 0 Å². The minimum Gasteiger partial charge on any atom is -0.478 e. The molecule has 21 heavy (non-hydrogen) atoms. The standard InChI is InChI=1S/C15H12Cl3NO2/c16-10-2-1-9(13(17)7-10)5-6-19-11-3-4-12(15(20)21)14(18)8-11/h1-4,7-8,19H,5-6H2,(H,20,21). The van der Waals surface area contributed by atoms with Gasteiger partial charge in [0.25, 0.3) is 0 Å². The fourth-order valence-electron chi connectivity index (χ4n) is 1.86. The highest BCUT2D eigenvalue weighted by Crippen LogP contribution is 2.23. The van der Waals surface area contributed by atoms with E-state index in [1.807, 2.05) is 6.07 Å². The van der Waals surface area contributed by atoms with Crippen molar-refractivity contribution in [2.24, 2.45) is 0 Å². The summed E-state index contributed by atoms with van der Waals surface area (Å²) in [5, 5.41) is 13.5. The zero-order valence-electron chi connectivity index (χ0n) is 10.9. The molecule has 3 nitrogen and oxygen atoms in total. The molecule has 2 aromatic rings. The second-order valence-electron chi connectivity index (χ2n) is 4.41. The van der Waals surface area contributed by atoms with Crippen LogP contribution < -0.4 is 5.32 Å². The van der Waals surface area contributed by atoms with Crippen LogP contribution >= 0.6 is 34.8 Å². The van der Waals surface area contributed by atoms with Crippen LogP contribution in [0.3, 0.4) is 0 Å². The summed E-state index contributed by atoms with van der Waals surface area (Å²) in [6, 6.07) is 10.1. The number of rotatable bonds is 5. The molecule has 0 saturated heterocycles. The number of aromatic carboxylic acids is 1. The van der Waals surface area contributed by atoms with Gasteiger partial charge in [-0.1, -0.05) is 40.9 Å².